The Hall–Kier alpha value is -0.610. The van der Waals surface area contributed by atoms with Crippen LogP contribution in [0.2, 0.25) is 0 Å². The van der Waals surface area contributed by atoms with Gasteiger partial charge in [-0.2, -0.15) is 0 Å². The van der Waals surface area contributed by atoms with E-state index in [9.17, 15) is 4.79 Å². The first-order valence-electron chi connectivity index (χ1n) is 6.88. The number of aliphatic carboxylic acids is 1. The highest BCUT2D eigenvalue weighted by Gasteiger charge is 2.35. The zero-order chi connectivity index (χ0) is 12.3. The molecule has 0 amide bonds. The van der Waals surface area contributed by atoms with Gasteiger partial charge in [0.25, 0.3) is 0 Å². The number of carboxylic acids is 1. The summed E-state index contributed by atoms with van der Waals surface area (Å²) in [7, 11) is 0. The van der Waals surface area contributed by atoms with Gasteiger partial charge in [-0.1, -0.05) is 6.92 Å². The molecule has 1 heterocycles. The summed E-state index contributed by atoms with van der Waals surface area (Å²) in [5.41, 5.74) is 0. The van der Waals surface area contributed by atoms with Gasteiger partial charge in [-0.3, -0.25) is 9.69 Å². The van der Waals surface area contributed by atoms with Crippen molar-refractivity contribution in [2.24, 2.45) is 5.92 Å². The number of nitrogens with one attached hydrogen (secondary N) is 1. The van der Waals surface area contributed by atoms with E-state index in [0.717, 1.165) is 38.5 Å². The van der Waals surface area contributed by atoms with E-state index in [1.807, 2.05) is 0 Å². The maximum atomic E-state index is 10.6. The summed E-state index contributed by atoms with van der Waals surface area (Å²) >= 11 is 0. The quantitative estimate of drug-likeness (QED) is 0.735. The molecular weight excluding hydrogens is 216 g/mol. The average Bonchev–Trinajstić information content (AvgIpc) is 3.10. The van der Waals surface area contributed by atoms with Crippen molar-refractivity contribution in [2.45, 2.75) is 51.1 Å². The molecule has 2 aliphatic rings. The number of likely N-dealkylation sites (N-methyl/N-ethyl adjacent to an activating group) is 1. The van der Waals surface area contributed by atoms with Gasteiger partial charge >= 0.3 is 5.97 Å². The lowest BCUT2D eigenvalue weighted by atomic mass is 9.90. The van der Waals surface area contributed by atoms with Crippen molar-refractivity contribution in [1.29, 1.82) is 0 Å². The summed E-state index contributed by atoms with van der Waals surface area (Å²) < 4.78 is 0. The van der Waals surface area contributed by atoms with Crippen LogP contribution < -0.4 is 5.32 Å². The van der Waals surface area contributed by atoms with Crippen molar-refractivity contribution >= 4 is 5.97 Å². The molecule has 2 fully saturated rings. The SMILES string of the molecule is CCNC1CC(CCC(=O)O)CN(C2CC2)C1. The fourth-order valence-corrected chi connectivity index (χ4v) is 2.95. The lowest BCUT2D eigenvalue weighted by Gasteiger charge is -2.38. The van der Waals surface area contributed by atoms with Gasteiger partial charge in [0, 0.05) is 31.6 Å². The standard InChI is InChI=1S/C13H24N2O2/c1-2-14-11-7-10(3-6-13(16)17)8-15(9-11)12-4-5-12/h10-12,14H,2-9H2,1H3,(H,16,17). The fourth-order valence-electron chi connectivity index (χ4n) is 2.95. The molecule has 2 atom stereocenters. The lowest BCUT2D eigenvalue weighted by Crippen LogP contribution is -2.50. The first-order chi connectivity index (χ1) is 8.19. The number of carboxylic acid groups (broad SMARTS) is 1. The number of carbonyl (C=O) groups is 1. The molecule has 1 aliphatic heterocycles. The van der Waals surface area contributed by atoms with E-state index in [-0.39, 0.29) is 0 Å². The molecule has 0 spiro atoms. The Bertz CT molecular complexity index is 266. The van der Waals surface area contributed by atoms with E-state index >= 15 is 0 Å². The van der Waals surface area contributed by atoms with Gasteiger partial charge in [-0.25, -0.2) is 0 Å². The maximum absolute atomic E-state index is 10.6. The summed E-state index contributed by atoms with van der Waals surface area (Å²) in [4.78, 5) is 13.2. The predicted molar refractivity (Wildman–Crippen MR) is 67.0 cm³/mol. The molecule has 1 saturated heterocycles. The monoisotopic (exact) mass is 240 g/mol. The Morgan fingerprint density at radius 1 is 1.41 bits per heavy atom. The number of likely N-dealkylation sites (tertiary alicyclic amines) is 1. The van der Waals surface area contributed by atoms with Crippen LogP contribution in [0.4, 0.5) is 0 Å². The zero-order valence-electron chi connectivity index (χ0n) is 10.7. The second-order valence-electron chi connectivity index (χ2n) is 5.47. The average molecular weight is 240 g/mol. The van der Waals surface area contributed by atoms with Crippen LogP contribution >= 0.6 is 0 Å². The van der Waals surface area contributed by atoms with Gasteiger partial charge in [0.2, 0.25) is 0 Å². The lowest BCUT2D eigenvalue weighted by molar-refractivity contribution is -0.137. The molecule has 2 N–H and O–H groups in total. The summed E-state index contributed by atoms with van der Waals surface area (Å²) in [5.74, 6) is -0.0990. The van der Waals surface area contributed by atoms with Crippen molar-refractivity contribution in [3.63, 3.8) is 0 Å². The Labute approximate surface area is 103 Å². The molecule has 2 unspecified atom stereocenters. The highest BCUT2D eigenvalue weighted by Crippen LogP contribution is 2.32. The van der Waals surface area contributed by atoms with Crippen molar-refractivity contribution < 1.29 is 9.90 Å². The van der Waals surface area contributed by atoms with Crippen LogP contribution in [0.5, 0.6) is 0 Å². The van der Waals surface area contributed by atoms with Crippen molar-refractivity contribution in [1.82, 2.24) is 10.2 Å². The van der Waals surface area contributed by atoms with Gasteiger partial charge in [-0.15, -0.1) is 0 Å². The number of hydrogen-bond acceptors (Lipinski definition) is 3. The summed E-state index contributed by atoms with van der Waals surface area (Å²) in [6.07, 6.45) is 4.97. The van der Waals surface area contributed by atoms with Gasteiger partial charge in [0.1, 0.15) is 0 Å². The van der Waals surface area contributed by atoms with Gasteiger partial charge in [0.05, 0.1) is 0 Å². The van der Waals surface area contributed by atoms with E-state index in [4.69, 9.17) is 5.11 Å². The van der Waals surface area contributed by atoms with Crippen LogP contribution in [0.1, 0.15) is 39.0 Å². The molecule has 0 bridgehead atoms. The highest BCUT2D eigenvalue weighted by atomic mass is 16.4. The predicted octanol–water partition coefficient (Wildman–Crippen LogP) is 1.31. The second-order valence-corrected chi connectivity index (χ2v) is 5.47. The molecule has 0 aromatic heterocycles. The van der Waals surface area contributed by atoms with Crippen LogP contribution in [0.15, 0.2) is 0 Å². The van der Waals surface area contributed by atoms with E-state index in [1.165, 1.54) is 12.8 Å². The minimum Gasteiger partial charge on any atom is -0.481 e. The van der Waals surface area contributed by atoms with Crippen molar-refractivity contribution in [3.8, 4) is 0 Å². The number of hydrogen-bond donors (Lipinski definition) is 2. The molecule has 1 aliphatic carbocycles. The van der Waals surface area contributed by atoms with Crippen LogP contribution in [-0.4, -0.2) is 47.7 Å². The molecule has 4 heteroatoms. The molecule has 0 aromatic rings. The Kier molecular flexibility index (Phi) is 4.40. The molecule has 2 rings (SSSR count). The molecule has 0 aromatic carbocycles. The second kappa shape index (κ2) is 5.83. The Morgan fingerprint density at radius 3 is 2.76 bits per heavy atom. The van der Waals surface area contributed by atoms with Crippen LogP contribution in [0.25, 0.3) is 0 Å². The maximum Gasteiger partial charge on any atom is 0.303 e. The van der Waals surface area contributed by atoms with Crippen LogP contribution in [0.3, 0.4) is 0 Å². The third-order valence-electron chi connectivity index (χ3n) is 3.89. The van der Waals surface area contributed by atoms with E-state index < -0.39 is 5.97 Å². The molecule has 1 saturated carbocycles. The van der Waals surface area contributed by atoms with E-state index in [1.54, 1.807) is 0 Å². The summed E-state index contributed by atoms with van der Waals surface area (Å²) in [6, 6.07) is 1.36. The Morgan fingerprint density at radius 2 is 2.18 bits per heavy atom. The van der Waals surface area contributed by atoms with E-state index in [0.29, 0.717) is 18.4 Å². The zero-order valence-corrected chi connectivity index (χ0v) is 10.7. The molecular formula is C13H24N2O2. The fraction of sp³-hybridized carbons (Fsp3) is 0.923. The summed E-state index contributed by atoms with van der Waals surface area (Å²) in [5, 5.41) is 12.3. The van der Waals surface area contributed by atoms with Crippen LogP contribution in [-0.2, 0) is 4.79 Å². The van der Waals surface area contributed by atoms with Crippen molar-refractivity contribution in [3.05, 3.63) is 0 Å². The minimum absolute atomic E-state index is 0.321. The first-order valence-corrected chi connectivity index (χ1v) is 6.88. The molecule has 4 nitrogen and oxygen atoms in total. The van der Waals surface area contributed by atoms with Gasteiger partial charge in [0.15, 0.2) is 0 Å². The van der Waals surface area contributed by atoms with Gasteiger partial charge < -0.3 is 10.4 Å². The van der Waals surface area contributed by atoms with Gasteiger partial charge in [-0.05, 0) is 38.1 Å². The topological polar surface area (TPSA) is 52.6 Å². The Balaban J connectivity index is 1.84. The normalized spacial score (nSPS) is 30.4. The highest BCUT2D eigenvalue weighted by molar-refractivity contribution is 5.66. The minimum atomic E-state index is -0.659. The summed E-state index contributed by atoms with van der Waals surface area (Å²) in [6.45, 7) is 5.42. The molecule has 98 valence electrons. The number of rotatable bonds is 6. The molecule has 17 heavy (non-hydrogen) atoms. The first kappa shape index (κ1) is 12.8. The molecule has 0 radical (unpaired) electrons. The smallest absolute Gasteiger partial charge is 0.303 e. The third kappa shape index (κ3) is 3.96. The van der Waals surface area contributed by atoms with E-state index in [2.05, 4.69) is 17.1 Å². The van der Waals surface area contributed by atoms with Crippen molar-refractivity contribution in [2.75, 3.05) is 19.6 Å². The number of nitrogens with zero attached hydrogens (tertiary/aromatic N) is 1. The largest absolute Gasteiger partial charge is 0.481 e. The number of piperidine rings is 1. The third-order valence-corrected chi connectivity index (χ3v) is 3.89. The van der Waals surface area contributed by atoms with Crippen LogP contribution in [0, 0.1) is 5.92 Å².